The van der Waals surface area contributed by atoms with Gasteiger partial charge in [-0.25, -0.2) is 9.78 Å². The van der Waals surface area contributed by atoms with Crippen LogP contribution in [0.3, 0.4) is 0 Å². The second kappa shape index (κ2) is 9.04. The van der Waals surface area contributed by atoms with E-state index in [0.717, 1.165) is 40.9 Å². The lowest BCUT2D eigenvalue weighted by Crippen LogP contribution is -2.34. The predicted octanol–water partition coefficient (Wildman–Crippen LogP) is 3.71. The first-order chi connectivity index (χ1) is 14.2. The summed E-state index contributed by atoms with van der Waals surface area (Å²) in [6, 6.07) is 15.7. The summed E-state index contributed by atoms with van der Waals surface area (Å²) in [5.74, 6) is 0.412. The van der Waals surface area contributed by atoms with Gasteiger partial charge >= 0.3 is 6.03 Å². The maximum absolute atomic E-state index is 12.0. The van der Waals surface area contributed by atoms with Crippen molar-refractivity contribution in [2.75, 3.05) is 30.3 Å². The Bertz CT molecular complexity index is 948. The molecular formula is C21H24N6OS. The van der Waals surface area contributed by atoms with Gasteiger partial charge in [-0.3, -0.25) is 10.9 Å². The van der Waals surface area contributed by atoms with Crippen LogP contribution in [0.2, 0.25) is 0 Å². The van der Waals surface area contributed by atoms with Crippen molar-refractivity contribution in [3.63, 3.8) is 0 Å². The van der Waals surface area contributed by atoms with Crippen LogP contribution in [0.15, 0.2) is 53.9 Å². The zero-order valence-electron chi connectivity index (χ0n) is 16.2. The molecule has 1 aliphatic rings. The molecular weight excluding hydrogens is 384 g/mol. The first kappa shape index (κ1) is 19.4. The Morgan fingerprint density at radius 1 is 1.07 bits per heavy atom. The number of aromatic nitrogens is 1. The van der Waals surface area contributed by atoms with Gasteiger partial charge in [0, 0.05) is 47.9 Å². The SMILES string of the molecule is Cc1ccc(-c2csc(Nc3ccc(NC(=O)NCC4CNNC4)cc3)n2)cc1. The fraction of sp³-hybridized carbons (Fsp3) is 0.238. The fourth-order valence-electron chi connectivity index (χ4n) is 3.01. The number of carbonyl (C=O) groups excluding carboxylic acids is 1. The normalized spacial score (nSPS) is 14.0. The van der Waals surface area contributed by atoms with E-state index < -0.39 is 0 Å². The topological polar surface area (TPSA) is 90.1 Å². The molecule has 7 nitrogen and oxygen atoms in total. The first-order valence-electron chi connectivity index (χ1n) is 9.56. The Kier molecular flexibility index (Phi) is 6.04. The molecule has 29 heavy (non-hydrogen) atoms. The standard InChI is InChI=1S/C21H24N6OS/c1-14-2-4-16(5-3-14)19-13-29-21(27-19)26-18-8-6-17(7-9-18)25-20(28)22-10-15-11-23-24-12-15/h2-9,13,15,23-24H,10-12H2,1H3,(H,26,27)(H2,22,25,28). The van der Waals surface area contributed by atoms with E-state index in [4.69, 9.17) is 0 Å². The number of benzene rings is 2. The summed E-state index contributed by atoms with van der Waals surface area (Å²) in [6.07, 6.45) is 0. The van der Waals surface area contributed by atoms with Gasteiger partial charge in [-0.1, -0.05) is 29.8 Å². The fourth-order valence-corrected chi connectivity index (χ4v) is 3.75. The lowest BCUT2D eigenvalue weighted by Gasteiger charge is -2.11. The molecule has 0 spiro atoms. The zero-order valence-corrected chi connectivity index (χ0v) is 17.0. The van der Waals surface area contributed by atoms with E-state index in [-0.39, 0.29) is 6.03 Å². The summed E-state index contributed by atoms with van der Waals surface area (Å²) >= 11 is 1.56. The van der Waals surface area contributed by atoms with E-state index >= 15 is 0 Å². The number of anilines is 3. The molecule has 5 N–H and O–H groups in total. The van der Waals surface area contributed by atoms with Crippen molar-refractivity contribution in [3.8, 4) is 11.3 Å². The van der Waals surface area contributed by atoms with Gasteiger partial charge in [0.05, 0.1) is 5.69 Å². The maximum atomic E-state index is 12.0. The third-order valence-corrected chi connectivity index (χ3v) is 5.46. The van der Waals surface area contributed by atoms with Crippen LogP contribution in [0.5, 0.6) is 0 Å². The van der Waals surface area contributed by atoms with Gasteiger partial charge in [0.2, 0.25) is 0 Å². The van der Waals surface area contributed by atoms with E-state index in [1.807, 2.05) is 29.6 Å². The van der Waals surface area contributed by atoms with Crippen molar-refractivity contribution in [2.24, 2.45) is 5.92 Å². The van der Waals surface area contributed by atoms with Crippen LogP contribution in [0.4, 0.5) is 21.3 Å². The highest BCUT2D eigenvalue weighted by Gasteiger charge is 2.14. The van der Waals surface area contributed by atoms with E-state index in [1.54, 1.807) is 11.3 Å². The first-order valence-corrected chi connectivity index (χ1v) is 10.4. The minimum atomic E-state index is -0.194. The van der Waals surface area contributed by atoms with Crippen molar-refractivity contribution in [1.82, 2.24) is 21.2 Å². The number of thiazole rings is 1. The van der Waals surface area contributed by atoms with Crippen molar-refractivity contribution < 1.29 is 4.79 Å². The largest absolute Gasteiger partial charge is 0.337 e. The van der Waals surface area contributed by atoms with E-state index in [2.05, 4.69) is 63.0 Å². The van der Waals surface area contributed by atoms with Gasteiger partial charge in [0.15, 0.2) is 5.13 Å². The smallest absolute Gasteiger partial charge is 0.319 e. The summed E-state index contributed by atoms with van der Waals surface area (Å²) in [5.41, 5.74) is 11.1. The molecule has 2 amide bonds. The van der Waals surface area contributed by atoms with Crippen molar-refractivity contribution in [3.05, 3.63) is 59.5 Å². The number of hydrogen-bond acceptors (Lipinski definition) is 6. The molecule has 8 heteroatoms. The molecule has 1 saturated heterocycles. The molecule has 3 aromatic rings. The predicted molar refractivity (Wildman–Crippen MR) is 119 cm³/mol. The minimum absolute atomic E-state index is 0.194. The number of carbonyl (C=O) groups is 1. The van der Waals surface area contributed by atoms with E-state index in [0.29, 0.717) is 12.5 Å². The van der Waals surface area contributed by atoms with Crippen molar-refractivity contribution >= 4 is 33.9 Å². The third-order valence-electron chi connectivity index (χ3n) is 4.70. The number of hydrazine groups is 1. The number of amides is 2. The highest BCUT2D eigenvalue weighted by molar-refractivity contribution is 7.14. The second-order valence-corrected chi connectivity index (χ2v) is 7.93. The molecule has 0 atom stereocenters. The lowest BCUT2D eigenvalue weighted by atomic mass is 10.1. The Balaban J connectivity index is 1.30. The van der Waals surface area contributed by atoms with E-state index in [9.17, 15) is 4.79 Å². The summed E-state index contributed by atoms with van der Waals surface area (Å²) < 4.78 is 0. The summed E-state index contributed by atoms with van der Waals surface area (Å²) in [5, 5.41) is 11.9. The van der Waals surface area contributed by atoms with Gasteiger partial charge in [-0.05, 0) is 31.2 Å². The zero-order chi connectivity index (χ0) is 20.1. The molecule has 0 bridgehead atoms. The molecule has 0 unspecified atom stereocenters. The molecule has 0 saturated carbocycles. The highest BCUT2D eigenvalue weighted by Crippen LogP contribution is 2.27. The Morgan fingerprint density at radius 3 is 2.48 bits per heavy atom. The molecule has 1 aliphatic heterocycles. The van der Waals surface area contributed by atoms with Crippen LogP contribution < -0.4 is 26.8 Å². The number of nitrogens with one attached hydrogen (secondary N) is 5. The monoisotopic (exact) mass is 408 g/mol. The average molecular weight is 409 g/mol. The molecule has 4 rings (SSSR count). The van der Waals surface area contributed by atoms with Crippen molar-refractivity contribution in [1.29, 1.82) is 0 Å². The van der Waals surface area contributed by atoms with Gasteiger partial charge in [-0.2, -0.15) is 0 Å². The molecule has 2 aromatic carbocycles. The quantitative estimate of drug-likeness (QED) is 0.429. The third kappa shape index (κ3) is 5.32. The Hall–Kier alpha value is -2.94. The van der Waals surface area contributed by atoms with Crippen LogP contribution in [-0.2, 0) is 0 Å². The molecule has 0 aliphatic carbocycles. The summed E-state index contributed by atoms with van der Waals surface area (Å²) in [6.45, 7) is 4.44. The second-order valence-electron chi connectivity index (χ2n) is 7.07. The van der Waals surface area contributed by atoms with Gasteiger partial charge in [0.25, 0.3) is 0 Å². The Labute approximate surface area is 173 Å². The lowest BCUT2D eigenvalue weighted by molar-refractivity contribution is 0.250. The van der Waals surface area contributed by atoms with Crippen LogP contribution in [-0.4, -0.2) is 30.6 Å². The average Bonchev–Trinajstić information content (AvgIpc) is 3.41. The summed E-state index contributed by atoms with van der Waals surface area (Å²) in [4.78, 5) is 16.7. The number of urea groups is 1. The van der Waals surface area contributed by atoms with Crippen LogP contribution in [0.25, 0.3) is 11.3 Å². The number of nitrogens with zero attached hydrogens (tertiary/aromatic N) is 1. The van der Waals surface area contributed by atoms with Gasteiger partial charge in [-0.15, -0.1) is 11.3 Å². The van der Waals surface area contributed by atoms with E-state index in [1.165, 1.54) is 5.56 Å². The van der Waals surface area contributed by atoms with Gasteiger partial charge < -0.3 is 16.0 Å². The van der Waals surface area contributed by atoms with Crippen molar-refractivity contribution in [2.45, 2.75) is 6.92 Å². The molecule has 150 valence electrons. The highest BCUT2D eigenvalue weighted by atomic mass is 32.1. The molecule has 2 heterocycles. The minimum Gasteiger partial charge on any atom is -0.337 e. The maximum Gasteiger partial charge on any atom is 0.319 e. The number of aryl methyl sites for hydroxylation is 1. The van der Waals surface area contributed by atoms with Crippen LogP contribution in [0.1, 0.15) is 5.56 Å². The molecule has 0 radical (unpaired) electrons. The number of rotatable bonds is 6. The van der Waals surface area contributed by atoms with Gasteiger partial charge in [0.1, 0.15) is 0 Å². The molecule has 1 fully saturated rings. The summed E-state index contributed by atoms with van der Waals surface area (Å²) in [7, 11) is 0. The Morgan fingerprint density at radius 2 is 1.76 bits per heavy atom. The number of hydrogen-bond donors (Lipinski definition) is 5. The van der Waals surface area contributed by atoms with Crippen LogP contribution in [0, 0.1) is 12.8 Å². The van der Waals surface area contributed by atoms with Crippen LogP contribution >= 0.6 is 11.3 Å². The molecule has 1 aromatic heterocycles.